The lowest BCUT2D eigenvalue weighted by Crippen LogP contribution is -2.13. The number of ether oxygens (including phenoxy) is 2. The average molecular weight is 1690 g/mol. The lowest BCUT2D eigenvalue weighted by molar-refractivity contribution is 0.415. The second-order valence-electron chi connectivity index (χ2n) is 34.6. The molecule has 132 heavy (non-hydrogen) atoms. The van der Waals surface area contributed by atoms with E-state index in [-0.39, 0.29) is 0 Å². The van der Waals surface area contributed by atoms with Crippen molar-refractivity contribution in [1.29, 1.82) is 0 Å². The molecule has 628 valence electrons. The molecule has 6 heteroatoms. The number of fused-ring (bicyclic) bond motifs is 12. The molecule has 0 unspecified atom stereocenters. The van der Waals surface area contributed by atoms with E-state index in [1.54, 1.807) is 14.2 Å². The minimum Gasteiger partial charge on any atom is -0.497 e. The minimum atomic E-state index is 0.846. The molecule has 0 aromatic heterocycles. The lowest BCUT2D eigenvalue weighted by atomic mass is 9.84. The van der Waals surface area contributed by atoms with E-state index in [1.807, 2.05) is 12.1 Å². The fourth-order valence-corrected chi connectivity index (χ4v) is 20.8. The van der Waals surface area contributed by atoms with Crippen LogP contribution in [0.5, 0.6) is 11.5 Å². The van der Waals surface area contributed by atoms with E-state index in [1.165, 1.54) is 164 Å². The highest BCUT2D eigenvalue weighted by atomic mass is 16.5. The SMILES string of the molecule is COc1ccc2cc(N(c3ccc(C)cc3)c3c4ccccc4c(-c4c5ccccc5c(N(c5ccc(C)cc5)c5ccc6cc(OC)ccc6c5)c5ccccc45)c4ccccc34)ccc2c1.Cc1ccc(N(c2ccccc2)c2c3ccccc3c(-c3c4ccccc4c(N(c4ccccc4)c4ccc(C)c5ccccc45)c4ccccc34)c3ccccc23)c2ccccc12. The van der Waals surface area contributed by atoms with Crippen LogP contribution < -0.4 is 29.1 Å². The van der Waals surface area contributed by atoms with E-state index in [2.05, 4.69) is 484 Å². The summed E-state index contributed by atoms with van der Waals surface area (Å²) in [5, 5.41) is 28.5. The van der Waals surface area contributed by atoms with Gasteiger partial charge in [-0.3, -0.25) is 0 Å². The third kappa shape index (κ3) is 13.6. The summed E-state index contributed by atoms with van der Waals surface area (Å²) >= 11 is 0. The number of para-hydroxylation sites is 2. The van der Waals surface area contributed by atoms with Crippen molar-refractivity contribution in [3.8, 4) is 33.8 Å². The van der Waals surface area contributed by atoms with Crippen molar-refractivity contribution in [1.82, 2.24) is 0 Å². The van der Waals surface area contributed by atoms with Gasteiger partial charge in [-0.25, -0.2) is 0 Å². The standard InChI is InChI=1S/C64H48N2O2.C62H44N2/c1-41-21-29-47(30-22-41)65(49-33-25-45-39-51(67-3)35-27-43(45)37-49)63-57-17-9-5-13-53(57)61(54-14-6-10-18-58(54)63)62-55-15-7-11-19-59(55)64(60-20-12-8-16-56(60)62)66(48-31-23-42(2)24-32-48)50-34-26-46-40-52(68-4)36-28-44(46)38-50;1-41-37-39-57(47-27-11-9-25-45(41)47)63(43-21-5-3-6-22-43)61-53-33-17-13-29-49(53)59(50-30-14-18-34-54(50)61)60-51-31-15-19-35-55(51)62(56-36-20-16-32-52(56)60)64(44-23-7-4-8-24-44)58-40-38-42(2)46-26-10-12-28-48(46)58/h5-40H,1-4H3;3-40H,1-2H3. The highest BCUT2D eigenvalue weighted by Crippen LogP contribution is 2.58. The number of hydrogen-bond donors (Lipinski definition) is 0. The molecular formula is C126H92N4O2. The first-order valence-corrected chi connectivity index (χ1v) is 45.4. The van der Waals surface area contributed by atoms with Crippen LogP contribution in [-0.4, -0.2) is 14.2 Å². The number of nitrogens with zero attached hydrogens (tertiary/aromatic N) is 4. The Bertz CT molecular complexity index is 7950. The van der Waals surface area contributed by atoms with E-state index >= 15 is 0 Å². The molecule has 0 bridgehead atoms. The van der Waals surface area contributed by atoms with Gasteiger partial charge in [0.05, 0.1) is 48.3 Å². The molecule has 0 saturated heterocycles. The smallest absolute Gasteiger partial charge is 0.119 e. The molecule has 6 nitrogen and oxygen atoms in total. The fraction of sp³-hybridized carbons (Fsp3) is 0.0476. The Kier molecular flexibility index (Phi) is 20.2. The molecule has 0 saturated carbocycles. The van der Waals surface area contributed by atoms with Gasteiger partial charge in [0.15, 0.2) is 0 Å². The van der Waals surface area contributed by atoms with E-state index in [0.29, 0.717) is 0 Å². The Morgan fingerprint density at radius 2 is 0.371 bits per heavy atom. The zero-order chi connectivity index (χ0) is 88.6. The molecule has 24 aromatic carbocycles. The summed E-state index contributed by atoms with van der Waals surface area (Å²) in [5.74, 6) is 1.69. The summed E-state index contributed by atoms with van der Waals surface area (Å²) in [5.41, 5.74) is 23.4. The van der Waals surface area contributed by atoms with Gasteiger partial charge < -0.3 is 29.1 Å². The van der Waals surface area contributed by atoms with Crippen LogP contribution in [-0.2, 0) is 0 Å². The summed E-state index contributed by atoms with van der Waals surface area (Å²) in [7, 11) is 3.44. The first-order valence-electron chi connectivity index (χ1n) is 45.4. The summed E-state index contributed by atoms with van der Waals surface area (Å²) in [6, 6.07) is 165. The van der Waals surface area contributed by atoms with Crippen LogP contribution in [0.3, 0.4) is 0 Å². The first-order chi connectivity index (χ1) is 65.1. The van der Waals surface area contributed by atoms with Crippen LogP contribution in [0.25, 0.3) is 152 Å². The van der Waals surface area contributed by atoms with Gasteiger partial charge in [-0.2, -0.15) is 0 Å². The highest BCUT2D eigenvalue weighted by Gasteiger charge is 2.32. The summed E-state index contributed by atoms with van der Waals surface area (Å²) in [6.45, 7) is 8.72. The van der Waals surface area contributed by atoms with Crippen molar-refractivity contribution in [2.75, 3.05) is 33.8 Å². The molecule has 0 radical (unpaired) electrons. The number of benzene rings is 24. The Morgan fingerprint density at radius 3 is 0.644 bits per heavy atom. The maximum Gasteiger partial charge on any atom is 0.119 e. The molecule has 0 amide bonds. The van der Waals surface area contributed by atoms with Gasteiger partial charge in [-0.05, 0) is 246 Å². The van der Waals surface area contributed by atoms with Crippen LogP contribution in [0.15, 0.2) is 449 Å². The largest absolute Gasteiger partial charge is 0.497 e. The molecule has 0 aliphatic rings. The van der Waals surface area contributed by atoms with E-state index in [0.717, 1.165) is 89.9 Å². The number of aryl methyl sites for hydroxylation is 4. The van der Waals surface area contributed by atoms with Gasteiger partial charge in [0.1, 0.15) is 11.5 Å². The molecule has 24 rings (SSSR count). The summed E-state index contributed by atoms with van der Waals surface area (Å²) in [6.07, 6.45) is 0. The minimum absolute atomic E-state index is 0.846. The number of hydrogen-bond acceptors (Lipinski definition) is 6. The molecule has 0 heterocycles. The van der Waals surface area contributed by atoms with Gasteiger partial charge in [0.25, 0.3) is 0 Å². The molecule has 0 spiro atoms. The quantitative estimate of drug-likeness (QED) is 0.0897. The maximum atomic E-state index is 5.61. The monoisotopic (exact) mass is 1690 g/mol. The fourth-order valence-electron chi connectivity index (χ4n) is 20.8. The first kappa shape index (κ1) is 79.8. The van der Waals surface area contributed by atoms with Crippen molar-refractivity contribution >= 4 is 198 Å². The Labute approximate surface area is 768 Å². The van der Waals surface area contributed by atoms with Gasteiger partial charge in [-0.1, -0.05) is 351 Å². The van der Waals surface area contributed by atoms with Crippen molar-refractivity contribution in [3.63, 3.8) is 0 Å². The van der Waals surface area contributed by atoms with Gasteiger partial charge >= 0.3 is 0 Å². The predicted octanol–water partition coefficient (Wildman–Crippen LogP) is 35.7. The zero-order valence-corrected chi connectivity index (χ0v) is 74.3. The average Bonchev–Trinajstić information content (AvgIpc) is 0.706. The number of rotatable bonds is 16. The van der Waals surface area contributed by atoms with Gasteiger partial charge in [0.2, 0.25) is 0 Å². The second kappa shape index (κ2) is 33.4. The molecule has 24 aromatic rings. The van der Waals surface area contributed by atoms with Crippen molar-refractivity contribution in [3.05, 3.63) is 471 Å². The van der Waals surface area contributed by atoms with Crippen molar-refractivity contribution in [2.45, 2.75) is 27.7 Å². The van der Waals surface area contributed by atoms with Crippen molar-refractivity contribution in [2.24, 2.45) is 0 Å². The molecule has 0 aliphatic carbocycles. The maximum absolute atomic E-state index is 5.61. The van der Waals surface area contributed by atoms with Gasteiger partial charge in [0, 0.05) is 88.0 Å². The number of methoxy groups -OCH3 is 2. The molecule has 0 fully saturated rings. The van der Waals surface area contributed by atoms with E-state index < -0.39 is 0 Å². The Balaban J connectivity index is 0.000000150. The number of anilines is 12. The predicted molar refractivity (Wildman–Crippen MR) is 565 cm³/mol. The second-order valence-corrected chi connectivity index (χ2v) is 34.6. The van der Waals surface area contributed by atoms with E-state index in [4.69, 9.17) is 9.47 Å². The molecular weight excluding hydrogens is 1600 g/mol. The third-order valence-corrected chi connectivity index (χ3v) is 26.9. The summed E-state index contributed by atoms with van der Waals surface area (Å²) < 4.78 is 11.2. The summed E-state index contributed by atoms with van der Waals surface area (Å²) in [4.78, 5) is 9.91. The van der Waals surface area contributed by atoms with Crippen molar-refractivity contribution < 1.29 is 9.47 Å². The lowest BCUT2D eigenvalue weighted by Gasteiger charge is -2.32. The third-order valence-electron chi connectivity index (χ3n) is 26.9. The Morgan fingerprint density at radius 1 is 0.159 bits per heavy atom. The highest BCUT2D eigenvalue weighted by molar-refractivity contribution is 6.34. The van der Waals surface area contributed by atoms with Crippen LogP contribution in [0, 0.1) is 27.7 Å². The molecule has 0 atom stereocenters. The molecule has 0 aliphatic heterocycles. The van der Waals surface area contributed by atoms with Crippen LogP contribution >= 0.6 is 0 Å². The normalized spacial score (nSPS) is 11.6. The Hall–Kier alpha value is -16.8. The van der Waals surface area contributed by atoms with Gasteiger partial charge in [-0.15, -0.1) is 0 Å². The van der Waals surface area contributed by atoms with Crippen LogP contribution in [0.2, 0.25) is 0 Å². The van der Waals surface area contributed by atoms with E-state index in [9.17, 15) is 0 Å². The van der Waals surface area contributed by atoms with Crippen LogP contribution in [0.4, 0.5) is 68.2 Å². The zero-order valence-electron chi connectivity index (χ0n) is 74.3. The topological polar surface area (TPSA) is 31.4 Å². The molecule has 0 N–H and O–H groups in total. The van der Waals surface area contributed by atoms with Crippen LogP contribution in [0.1, 0.15) is 22.3 Å².